The molecule has 0 amide bonds. The predicted octanol–water partition coefficient (Wildman–Crippen LogP) is 1.74. The van der Waals surface area contributed by atoms with Gasteiger partial charge in [0.1, 0.15) is 0 Å². The van der Waals surface area contributed by atoms with E-state index in [4.69, 9.17) is 0 Å². The van der Waals surface area contributed by atoms with Gasteiger partial charge in [0.15, 0.2) is 5.78 Å². The molecule has 18 heavy (non-hydrogen) atoms. The van der Waals surface area contributed by atoms with E-state index in [1.54, 1.807) is 12.1 Å². The molecular formula is C13H15NO3S. The van der Waals surface area contributed by atoms with Crippen molar-refractivity contribution < 1.29 is 13.2 Å². The van der Waals surface area contributed by atoms with Crippen LogP contribution in [0.25, 0.3) is 0 Å². The van der Waals surface area contributed by atoms with Crippen LogP contribution in [0.1, 0.15) is 35.7 Å². The van der Waals surface area contributed by atoms with E-state index in [1.165, 1.54) is 11.2 Å². The Bertz CT molecular complexity index is 617. The molecule has 1 aromatic rings. The van der Waals surface area contributed by atoms with Crippen LogP contribution >= 0.6 is 0 Å². The zero-order chi connectivity index (χ0) is 12.9. The Balaban J connectivity index is 2.00. The molecule has 0 saturated heterocycles. The SMILES string of the molecule is CC(=O)c1ccc2c(c1)CCN2S(=O)(=O)C1CC1. The van der Waals surface area contributed by atoms with Gasteiger partial charge in [0.25, 0.3) is 0 Å². The third-order valence-electron chi connectivity index (χ3n) is 3.59. The number of hydrogen-bond donors (Lipinski definition) is 0. The highest BCUT2D eigenvalue weighted by Crippen LogP contribution is 2.38. The highest BCUT2D eigenvalue weighted by atomic mass is 32.2. The quantitative estimate of drug-likeness (QED) is 0.782. The van der Waals surface area contributed by atoms with Crippen molar-refractivity contribution in [3.8, 4) is 0 Å². The summed E-state index contributed by atoms with van der Waals surface area (Å²) in [6.07, 6.45) is 2.25. The molecule has 0 spiro atoms. The van der Waals surface area contributed by atoms with Crippen molar-refractivity contribution in [2.75, 3.05) is 10.8 Å². The van der Waals surface area contributed by atoms with Crippen LogP contribution in [0, 0.1) is 0 Å². The fourth-order valence-corrected chi connectivity index (χ4v) is 4.29. The van der Waals surface area contributed by atoms with Gasteiger partial charge in [-0.25, -0.2) is 8.42 Å². The zero-order valence-electron chi connectivity index (χ0n) is 10.2. The van der Waals surface area contributed by atoms with Crippen molar-refractivity contribution in [2.45, 2.75) is 31.4 Å². The minimum Gasteiger partial charge on any atom is -0.295 e. The number of rotatable bonds is 3. The van der Waals surface area contributed by atoms with Gasteiger partial charge in [-0.1, -0.05) is 0 Å². The summed E-state index contributed by atoms with van der Waals surface area (Å²) in [5, 5.41) is -0.184. The molecule has 0 N–H and O–H groups in total. The van der Waals surface area contributed by atoms with E-state index in [-0.39, 0.29) is 11.0 Å². The molecule has 1 aliphatic carbocycles. The van der Waals surface area contributed by atoms with E-state index in [0.29, 0.717) is 18.5 Å². The number of carbonyl (C=O) groups excluding carboxylic acids is 1. The lowest BCUT2D eigenvalue weighted by Gasteiger charge is -2.19. The highest BCUT2D eigenvalue weighted by molar-refractivity contribution is 7.93. The van der Waals surface area contributed by atoms with Crippen molar-refractivity contribution >= 4 is 21.5 Å². The number of nitrogens with zero attached hydrogens (tertiary/aromatic N) is 1. The Morgan fingerprint density at radius 3 is 2.67 bits per heavy atom. The van der Waals surface area contributed by atoms with Crippen LogP contribution < -0.4 is 4.31 Å². The Morgan fingerprint density at radius 2 is 2.06 bits per heavy atom. The lowest BCUT2D eigenvalue weighted by atomic mass is 10.1. The lowest BCUT2D eigenvalue weighted by molar-refractivity contribution is 0.101. The average Bonchev–Trinajstić information content (AvgIpc) is 3.08. The molecule has 3 rings (SSSR count). The average molecular weight is 265 g/mol. The number of fused-ring (bicyclic) bond motifs is 1. The first kappa shape index (κ1) is 11.7. The number of hydrogen-bond acceptors (Lipinski definition) is 3. The molecule has 0 atom stereocenters. The second-order valence-corrected chi connectivity index (χ2v) is 7.10. The summed E-state index contributed by atoms with van der Waals surface area (Å²) in [4.78, 5) is 11.3. The van der Waals surface area contributed by atoms with Gasteiger partial charge in [0.05, 0.1) is 10.9 Å². The number of anilines is 1. The van der Waals surface area contributed by atoms with Gasteiger partial charge in [-0.15, -0.1) is 0 Å². The molecule has 96 valence electrons. The number of ketones is 1. The third-order valence-corrected chi connectivity index (χ3v) is 5.90. The molecule has 1 aromatic carbocycles. The molecule has 0 radical (unpaired) electrons. The Labute approximate surface area is 107 Å². The summed E-state index contributed by atoms with van der Waals surface area (Å²) in [5.74, 6) is 0.0151. The summed E-state index contributed by atoms with van der Waals surface area (Å²) in [7, 11) is -3.16. The second kappa shape index (κ2) is 3.82. The molecule has 2 aliphatic rings. The topological polar surface area (TPSA) is 54.5 Å². The van der Waals surface area contributed by atoms with Crippen LogP contribution in [0.3, 0.4) is 0 Å². The van der Waals surface area contributed by atoms with Crippen LogP contribution in [0.4, 0.5) is 5.69 Å². The summed E-state index contributed by atoms with van der Waals surface area (Å²) < 4.78 is 26.0. The summed E-state index contributed by atoms with van der Waals surface area (Å²) in [5.41, 5.74) is 2.37. The van der Waals surface area contributed by atoms with Crippen LogP contribution in [0.15, 0.2) is 18.2 Å². The van der Waals surface area contributed by atoms with Gasteiger partial charge < -0.3 is 0 Å². The second-order valence-electron chi connectivity index (χ2n) is 4.97. The van der Waals surface area contributed by atoms with E-state index in [1.807, 2.05) is 6.07 Å². The van der Waals surface area contributed by atoms with E-state index >= 15 is 0 Å². The first-order chi connectivity index (χ1) is 8.50. The third kappa shape index (κ3) is 1.73. The van der Waals surface area contributed by atoms with Crippen LogP contribution in [-0.4, -0.2) is 26.0 Å². The molecule has 0 aromatic heterocycles. The lowest BCUT2D eigenvalue weighted by Crippen LogP contribution is -2.32. The minimum atomic E-state index is -3.16. The van der Waals surface area contributed by atoms with E-state index in [9.17, 15) is 13.2 Å². The predicted molar refractivity (Wildman–Crippen MR) is 69.4 cm³/mol. The largest absolute Gasteiger partial charge is 0.295 e. The van der Waals surface area contributed by atoms with E-state index in [2.05, 4.69) is 0 Å². The monoisotopic (exact) mass is 265 g/mol. The summed E-state index contributed by atoms with van der Waals surface area (Å²) in [6.45, 7) is 2.03. The van der Waals surface area contributed by atoms with Crippen LogP contribution in [0.2, 0.25) is 0 Å². The number of benzene rings is 1. The molecule has 1 aliphatic heterocycles. The van der Waals surface area contributed by atoms with Gasteiger partial charge in [-0.05, 0) is 49.9 Å². The van der Waals surface area contributed by atoms with Crippen LogP contribution in [0.5, 0.6) is 0 Å². The smallest absolute Gasteiger partial charge is 0.238 e. The fraction of sp³-hybridized carbons (Fsp3) is 0.462. The molecule has 0 unspecified atom stereocenters. The standard InChI is InChI=1S/C13H15NO3S/c1-9(15)10-2-5-13-11(8-10)6-7-14(13)18(16,17)12-3-4-12/h2,5,8,12H,3-4,6-7H2,1H3. The number of Topliss-reactive ketones (excluding diaryl/α,β-unsaturated/α-hetero) is 1. The maximum absolute atomic E-state index is 12.2. The molecule has 1 fully saturated rings. The van der Waals surface area contributed by atoms with Crippen molar-refractivity contribution in [3.05, 3.63) is 29.3 Å². The normalized spacial score (nSPS) is 18.8. The van der Waals surface area contributed by atoms with Gasteiger partial charge in [-0.2, -0.15) is 0 Å². The Hall–Kier alpha value is -1.36. The van der Waals surface area contributed by atoms with Gasteiger partial charge >= 0.3 is 0 Å². The van der Waals surface area contributed by atoms with Crippen molar-refractivity contribution in [3.63, 3.8) is 0 Å². The van der Waals surface area contributed by atoms with Crippen molar-refractivity contribution in [1.29, 1.82) is 0 Å². The first-order valence-corrected chi connectivity index (χ1v) is 7.66. The molecule has 0 bridgehead atoms. The maximum atomic E-state index is 12.2. The Kier molecular flexibility index (Phi) is 2.48. The molecule has 1 heterocycles. The Morgan fingerprint density at radius 1 is 1.33 bits per heavy atom. The molecule has 5 heteroatoms. The van der Waals surface area contributed by atoms with E-state index < -0.39 is 10.0 Å². The molecule has 1 saturated carbocycles. The minimum absolute atomic E-state index is 0.0151. The number of carbonyl (C=O) groups is 1. The summed E-state index contributed by atoms with van der Waals surface area (Å²) in [6, 6.07) is 5.29. The first-order valence-electron chi connectivity index (χ1n) is 6.15. The van der Waals surface area contributed by atoms with E-state index in [0.717, 1.165) is 24.1 Å². The molecule has 4 nitrogen and oxygen atoms in total. The van der Waals surface area contributed by atoms with Crippen molar-refractivity contribution in [2.24, 2.45) is 0 Å². The van der Waals surface area contributed by atoms with Crippen LogP contribution in [-0.2, 0) is 16.4 Å². The van der Waals surface area contributed by atoms with Gasteiger partial charge in [-0.3, -0.25) is 9.10 Å². The van der Waals surface area contributed by atoms with Gasteiger partial charge in [0.2, 0.25) is 10.0 Å². The number of sulfonamides is 1. The highest BCUT2D eigenvalue weighted by Gasteiger charge is 2.42. The fourth-order valence-electron chi connectivity index (χ4n) is 2.40. The summed E-state index contributed by atoms with van der Waals surface area (Å²) >= 11 is 0. The van der Waals surface area contributed by atoms with Gasteiger partial charge in [0, 0.05) is 12.1 Å². The zero-order valence-corrected chi connectivity index (χ0v) is 11.0. The maximum Gasteiger partial charge on any atom is 0.238 e. The molecular weight excluding hydrogens is 250 g/mol. The van der Waals surface area contributed by atoms with Crippen molar-refractivity contribution in [1.82, 2.24) is 0 Å².